The summed E-state index contributed by atoms with van der Waals surface area (Å²) in [4.78, 5) is 0. The first-order valence-corrected chi connectivity index (χ1v) is 6.41. The minimum absolute atomic E-state index is 0.267. The third-order valence-corrected chi connectivity index (χ3v) is 3.19. The van der Waals surface area contributed by atoms with Crippen LogP contribution in [0.4, 0.5) is 5.69 Å². The average Bonchev–Trinajstić information content (AvgIpc) is 2.76. The second-order valence-electron chi connectivity index (χ2n) is 5.09. The van der Waals surface area contributed by atoms with Gasteiger partial charge < -0.3 is 5.32 Å². The van der Waals surface area contributed by atoms with Gasteiger partial charge in [-0.05, 0) is 30.5 Å². The van der Waals surface area contributed by atoms with Crippen LogP contribution in [0.2, 0.25) is 0 Å². The van der Waals surface area contributed by atoms with Gasteiger partial charge in [0, 0.05) is 24.5 Å². The second-order valence-corrected chi connectivity index (χ2v) is 5.09. The summed E-state index contributed by atoms with van der Waals surface area (Å²) >= 11 is 0. The molecule has 2 aromatic rings. The fourth-order valence-corrected chi connectivity index (χ4v) is 1.96. The molecule has 18 heavy (non-hydrogen) atoms. The standard InChI is InChI=1S/C15H21N3/c1-11(2)13-5-7-15(8-6-13)17-12(3)14-9-16-18(4)10-14/h5-12,17H,1-4H3. The molecule has 0 fully saturated rings. The summed E-state index contributed by atoms with van der Waals surface area (Å²) in [5.41, 5.74) is 3.72. The first-order valence-electron chi connectivity index (χ1n) is 6.41. The van der Waals surface area contributed by atoms with Crippen LogP contribution >= 0.6 is 0 Å². The van der Waals surface area contributed by atoms with E-state index in [1.807, 2.05) is 24.1 Å². The van der Waals surface area contributed by atoms with Crippen molar-refractivity contribution in [3.05, 3.63) is 47.8 Å². The maximum Gasteiger partial charge on any atom is 0.0542 e. The van der Waals surface area contributed by atoms with Crippen LogP contribution in [0.1, 0.15) is 43.9 Å². The van der Waals surface area contributed by atoms with Crippen LogP contribution in [-0.4, -0.2) is 9.78 Å². The van der Waals surface area contributed by atoms with Crippen LogP contribution in [0, 0.1) is 0 Å². The van der Waals surface area contributed by atoms with E-state index in [1.165, 1.54) is 11.1 Å². The Bertz CT molecular complexity index is 497. The predicted molar refractivity (Wildman–Crippen MR) is 75.8 cm³/mol. The van der Waals surface area contributed by atoms with Crippen molar-refractivity contribution in [3.8, 4) is 0 Å². The summed E-state index contributed by atoms with van der Waals surface area (Å²) in [6.45, 7) is 6.56. The SMILES string of the molecule is CC(C)c1ccc(NC(C)c2cnn(C)c2)cc1. The van der Waals surface area contributed by atoms with Crippen molar-refractivity contribution in [2.24, 2.45) is 7.05 Å². The monoisotopic (exact) mass is 243 g/mol. The third-order valence-electron chi connectivity index (χ3n) is 3.19. The van der Waals surface area contributed by atoms with E-state index in [-0.39, 0.29) is 6.04 Å². The van der Waals surface area contributed by atoms with Gasteiger partial charge in [-0.3, -0.25) is 4.68 Å². The Labute approximate surface area is 109 Å². The maximum atomic E-state index is 4.19. The second kappa shape index (κ2) is 5.25. The Kier molecular flexibility index (Phi) is 3.70. The molecule has 0 amide bonds. The topological polar surface area (TPSA) is 29.9 Å². The van der Waals surface area contributed by atoms with Crippen molar-refractivity contribution < 1.29 is 0 Å². The Morgan fingerprint density at radius 2 is 1.72 bits per heavy atom. The number of nitrogens with zero attached hydrogens (tertiary/aromatic N) is 2. The lowest BCUT2D eigenvalue weighted by atomic mass is 10.0. The Balaban J connectivity index is 2.05. The lowest BCUT2D eigenvalue weighted by Crippen LogP contribution is -2.05. The number of aryl methyl sites for hydroxylation is 1. The van der Waals surface area contributed by atoms with Crippen molar-refractivity contribution in [1.29, 1.82) is 0 Å². The van der Waals surface area contributed by atoms with Crippen LogP contribution < -0.4 is 5.32 Å². The summed E-state index contributed by atoms with van der Waals surface area (Å²) in [5, 5.41) is 7.68. The molecule has 3 nitrogen and oxygen atoms in total. The molecule has 0 aliphatic heterocycles. The molecule has 96 valence electrons. The summed E-state index contributed by atoms with van der Waals surface area (Å²) < 4.78 is 1.83. The number of anilines is 1. The fourth-order valence-electron chi connectivity index (χ4n) is 1.96. The zero-order valence-electron chi connectivity index (χ0n) is 11.5. The van der Waals surface area contributed by atoms with Crippen LogP contribution in [0.3, 0.4) is 0 Å². The van der Waals surface area contributed by atoms with Crippen LogP contribution in [0.5, 0.6) is 0 Å². The van der Waals surface area contributed by atoms with Crippen LogP contribution in [0.15, 0.2) is 36.7 Å². The number of nitrogens with one attached hydrogen (secondary N) is 1. The van der Waals surface area contributed by atoms with E-state index < -0.39 is 0 Å². The molecule has 0 aliphatic carbocycles. The first kappa shape index (κ1) is 12.7. The molecule has 3 heteroatoms. The number of hydrogen-bond acceptors (Lipinski definition) is 2. The van der Waals surface area contributed by atoms with Crippen molar-refractivity contribution in [3.63, 3.8) is 0 Å². The number of rotatable bonds is 4. The molecule has 2 rings (SSSR count). The van der Waals surface area contributed by atoms with Crippen molar-refractivity contribution in [1.82, 2.24) is 9.78 Å². The molecular weight excluding hydrogens is 222 g/mol. The molecule has 0 saturated heterocycles. The Morgan fingerprint density at radius 1 is 1.06 bits per heavy atom. The molecule has 0 saturated carbocycles. The molecule has 0 spiro atoms. The lowest BCUT2D eigenvalue weighted by Gasteiger charge is -2.14. The highest BCUT2D eigenvalue weighted by atomic mass is 15.2. The van der Waals surface area contributed by atoms with Crippen molar-refractivity contribution in [2.45, 2.75) is 32.7 Å². The molecule has 1 aromatic heterocycles. The van der Waals surface area contributed by atoms with Gasteiger partial charge >= 0.3 is 0 Å². The zero-order chi connectivity index (χ0) is 13.1. The number of benzene rings is 1. The average molecular weight is 243 g/mol. The highest BCUT2D eigenvalue weighted by Crippen LogP contribution is 2.21. The van der Waals surface area contributed by atoms with Gasteiger partial charge in [0.1, 0.15) is 0 Å². The van der Waals surface area contributed by atoms with E-state index in [0.29, 0.717) is 5.92 Å². The van der Waals surface area contributed by atoms with E-state index in [4.69, 9.17) is 0 Å². The minimum Gasteiger partial charge on any atom is -0.378 e. The van der Waals surface area contributed by atoms with Gasteiger partial charge in [-0.2, -0.15) is 5.10 Å². The Hall–Kier alpha value is -1.77. The molecule has 0 aliphatic rings. The number of aromatic nitrogens is 2. The quantitative estimate of drug-likeness (QED) is 0.887. The molecule has 1 unspecified atom stereocenters. The van der Waals surface area contributed by atoms with Gasteiger partial charge in [-0.15, -0.1) is 0 Å². The number of hydrogen-bond donors (Lipinski definition) is 1. The summed E-state index contributed by atoms with van der Waals surface area (Å²) in [6.07, 6.45) is 3.94. The van der Waals surface area contributed by atoms with Crippen LogP contribution in [-0.2, 0) is 7.05 Å². The van der Waals surface area contributed by atoms with E-state index in [2.05, 4.69) is 55.5 Å². The predicted octanol–water partition coefficient (Wildman–Crippen LogP) is 3.72. The smallest absolute Gasteiger partial charge is 0.0542 e. The normalized spacial score (nSPS) is 12.7. The largest absolute Gasteiger partial charge is 0.378 e. The summed E-state index contributed by atoms with van der Waals surface area (Å²) in [5.74, 6) is 0.579. The van der Waals surface area contributed by atoms with Gasteiger partial charge in [0.15, 0.2) is 0 Å². The molecule has 0 bridgehead atoms. The maximum absolute atomic E-state index is 4.19. The van der Waals surface area contributed by atoms with Gasteiger partial charge in [-0.1, -0.05) is 26.0 Å². The summed E-state index contributed by atoms with van der Waals surface area (Å²) in [7, 11) is 1.94. The molecular formula is C15H21N3. The van der Waals surface area contributed by atoms with E-state index in [0.717, 1.165) is 5.69 Å². The molecule has 0 radical (unpaired) electrons. The first-order chi connectivity index (χ1) is 8.56. The highest BCUT2D eigenvalue weighted by molar-refractivity contribution is 5.46. The van der Waals surface area contributed by atoms with Gasteiger partial charge in [-0.25, -0.2) is 0 Å². The molecule has 1 aromatic carbocycles. The lowest BCUT2D eigenvalue weighted by molar-refractivity contribution is 0.765. The van der Waals surface area contributed by atoms with Gasteiger partial charge in [0.05, 0.1) is 12.2 Å². The Morgan fingerprint density at radius 3 is 2.22 bits per heavy atom. The fraction of sp³-hybridized carbons (Fsp3) is 0.400. The third kappa shape index (κ3) is 2.92. The summed E-state index contributed by atoms with van der Waals surface area (Å²) in [6, 6.07) is 8.92. The molecule has 1 atom stereocenters. The minimum atomic E-state index is 0.267. The van der Waals surface area contributed by atoms with Crippen molar-refractivity contribution in [2.75, 3.05) is 5.32 Å². The van der Waals surface area contributed by atoms with E-state index in [9.17, 15) is 0 Å². The molecule has 1 heterocycles. The van der Waals surface area contributed by atoms with E-state index in [1.54, 1.807) is 0 Å². The molecule has 1 N–H and O–H groups in total. The highest BCUT2D eigenvalue weighted by Gasteiger charge is 2.07. The van der Waals surface area contributed by atoms with Crippen molar-refractivity contribution >= 4 is 5.69 Å². The zero-order valence-corrected chi connectivity index (χ0v) is 11.5. The van der Waals surface area contributed by atoms with Gasteiger partial charge in [0.25, 0.3) is 0 Å². The van der Waals surface area contributed by atoms with E-state index >= 15 is 0 Å². The van der Waals surface area contributed by atoms with Crippen LogP contribution in [0.25, 0.3) is 0 Å². The van der Waals surface area contributed by atoms with Gasteiger partial charge in [0.2, 0.25) is 0 Å².